The van der Waals surface area contributed by atoms with Gasteiger partial charge in [-0.25, -0.2) is 4.98 Å². The van der Waals surface area contributed by atoms with Crippen LogP contribution in [-0.2, 0) is 16.0 Å². The number of carbonyl (C=O) groups excluding carboxylic acids is 1. The number of likely N-dealkylation sites (N-methyl/N-ethyl adjacent to an activating group) is 1. The Kier molecular flexibility index (Phi) is 3.53. The van der Waals surface area contributed by atoms with Gasteiger partial charge in [-0.15, -0.1) is 0 Å². The van der Waals surface area contributed by atoms with Gasteiger partial charge in [-0.1, -0.05) is 13.8 Å². The zero-order valence-electron chi connectivity index (χ0n) is 12.4. The summed E-state index contributed by atoms with van der Waals surface area (Å²) in [6, 6.07) is 0. The normalized spacial score (nSPS) is 24.6. The fourth-order valence-electron chi connectivity index (χ4n) is 2.97. The first-order valence-electron chi connectivity index (χ1n) is 7.13. The van der Waals surface area contributed by atoms with Crippen LogP contribution in [0.4, 0.5) is 11.5 Å². The molecular formula is C14H19ClN4O2. The number of carbonyl (C=O) groups is 1. The van der Waals surface area contributed by atoms with Crippen LogP contribution in [0.1, 0.15) is 26.0 Å². The van der Waals surface area contributed by atoms with Crippen molar-refractivity contribution in [1.29, 1.82) is 0 Å². The summed E-state index contributed by atoms with van der Waals surface area (Å²) in [6.07, 6.45) is 1.38. The first kappa shape index (κ1) is 14.5. The monoisotopic (exact) mass is 310 g/mol. The van der Waals surface area contributed by atoms with Crippen molar-refractivity contribution in [3.63, 3.8) is 0 Å². The zero-order chi connectivity index (χ0) is 15.2. The molecule has 1 amide bonds. The van der Waals surface area contributed by atoms with Crippen LogP contribution in [0.15, 0.2) is 0 Å². The van der Waals surface area contributed by atoms with Crippen molar-refractivity contribution in [3.05, 3.63) is 11.0 Å². The fourth-order valence-corrected chi connectivity index (χ4v) is 3.16. The third kappa shape index (κ3) is 2.36. The van der Waals surface area contributed by atoms with Gasteiger partial charge in [0.15, 0.2) is 5.82 Å². The van der Waals surface area contributed by atoms with E-state index in [4.69, 9.17) is 16.3 Å². The summed E-state index contributed by atoms with van der Waals surface area (Å²) in [4.78, 5) is 23.0. The molecule has 1 atom stereocenters. The van der Waals surface area contributed by atoms with Crippen LogP contribution in [0.25, 0.3) is 0 Å². The Labute approximate surface area is 128 Å². The van der Waals surface area contributed by atoms with Crippen molar-refractivity contribution < 1.29 is 9.53 Å². The number of anilines is 2. The second-order valence-electron chi connectivity index (χ2n) is 6.11. The predicted molar refractivity (Wildman–Crippen MR) is 80.8 cm³/mol. The summed E-state index contributed by atoms with van der Waals surface area (Å²) in [7, 11) is 1.77. The van der Waals surface area contributed by atoms with Gasteiger partial charge in [0.05, 0.1) is 12.3 Å². The van der Waals surface area contributed by atoms with Gasteiger partial charge in [-0.05, 0) is 23.9 Å². The molecule has 114 valence electrons. The van der Waals surface area contributed by atoms with Crippen molar-refractivity contribution in [3.8, 4) is 0 Å². The van der Waals surface area contributed by atoms with E-state index >= 15 is 0 Å². The molecule has 1 aromatic rings. The molecule has 3 heterocycles. The fraction of sp³-hybridized carbons (Fsp3) is 0.643. The lowest BCUT2D eigenvalue weighted by Crippen LogP contribution is -2.57. The largest absolute Gasteiger partial charge is 0.378 e. The van der Waals surface area contributed by atoms with Crippen LogP contribution in [0.3, 0.4) is 0 Å². The molecule has 0 radical (unpaired) electrons. The van der Waals surface area contributed by atoms with Crippen LogP contribution >= 0.6 is 11.6 Å². The van der Waals surface area contributed by atoms with Crippen molar-refractivity contribution in [2.75, 3.05) is 30.5 Å². The smallest absolute Gasteiger partial charge is 0.255 e. The summed E-state index contributed by atoms with van der Waals surface area (Å²) < 4.78 is 5.41. The minimum absolute atomic E-state index is 0.00317. The van der Waals surface area contributed by atoms with Crippen LogP contribution in [0, 0.1) is 5.92 Å². The highest BCUT2D eigenvalue weighted by molar-refractivity contribution is 6.28. The molecule has 1 saturated heterocycles. The molecule has 0 aromatic carbocycles. The Morgan fingerprint density at radius 2 is 2.24 bits per heavy atom. The first-order chi connectivity index (χ1) is 9.93. The number of aromatic nitrogens is 2. The van der Waals surface area contributed by atoms with E-state index in [1.54, 1.807) is 11.9 Å². The summed E-state index contributed by atoms with van der Waals surface area (Å²) >= 11 is 6.05. The van der Waals surface area contributed by atoms with E-state index in [-0.39, 0.29) is 11.2 Å². The van der Waals surface area contributed by atoms with Crippen LogP contribution < -0.4 is 10.2 Å². The molecule has 3 rings (SSSR count). The van der Waals surface area contributed by atoms with Gasteiger partial charge in [0.2, 0.25) is 5.28 Å². The minimum atomic E-state index is -0.714. The van der Waals surface area contributed by atoms with E-state index in [1.807, 2.05) is 0 Å². The van der Waals surface area contributed by atoms with Gasteiger partial charge in [0, 0.05) is 20.1 Å². The van der Waals surface area contributed by atoms with Gasteiger partial charge in [-0.2, -0.15) is 4.98 Å². The summed E-state index contributed by atoms with van der Waals surface area (Å²) in [5.41, 5.74) is 0.821. The highest BCUT2D eigenvalue weighted by Gasteiger charge is 2.49. The SMILES string of the molecule is CC(C)Cc1nc(Cl)nc2c1N(C)C(=O)C1(CCOC1)N2. The molecule has 0 bridgehead atoms. The zero-order valence-corrected chi connectivity index (χ0v) is 13.2. The Morgan fingerprint density at radius 1 is 1.48 bits per heavy atom. The molecule has 7 heteroatoms. The molecule has 1 spiro atoms. The number of hydrogen-bond acceptors (Lipinski definition) is 5. The van der Waals surface area contributed by atoms with Crippen molar-refractivity contribution in [2.24, 2.45) is 5.92 Å². The lowest BCUT2D eigenvalue weighted by Gasteiger charge is -2.39. The van der Waals surface area contributed by atoms with Gasteiger partial charge in [0.25, 0.3) is 5.91 Å². The highest BCUT2D eigenvalue weighted by Crippen LogP contribution is 2.39. The molecule has 6 nitrogen and oxygen atoms in total. The quantitative estimate of drug-likeness (QED) is 0.845. The topological polar surface area (TPSA) is 67.4 Å². The third-order valence-corrected chi connectivity index (χ3v) is 4.13. The molecule has 1 N–H and O–H groups in total. The standard InChI is InChI=1S/C14H19ClN4O2/c1-8(2)6-9-10-11(17-13(15)16-9)18-14(4-5-21-7-14)12(20)19(10)3/h8H,4-7H2,1-3H3,(H,16,17,18). The second kappa shape index (κ2) is 5.10. The number of nitrogens with zero attached hydrogens (tertiary/aromatic N) is 3. The maximum absolute atomic E-state index is 12.7. The summed E-state index contributed by atoms with van der Waals surface area (Å²) in [6.45, 7) is 5.13. The molecule has 1 unspecified atom stereocenters. The van der Waals surface area contributed by atoms with Gasteiger partial charge in [0.1, 0.15) is 11.2 Å². The Bertz CT molecular complexity index is 585. The maximum atomic E-state index is 12.7. The number of rotatable bonds is 2. The van der Waals surface area contributed by atoms with Crippen molar-refractivity contribution >= 4 is 29.0 Å². The molecule has 0 saturated carbocycles. The Hall–Kier alpha value is -1.40. The van der Waals surface area contributed by atoms with Crippen LogP contribution in [-0.4, -0.2) is 41.7 Å². The number of nitrogens with one attached hydrogen (secondary N) is 1. The maximum Gasteiger partial charge on any atom is 0.255 e. The van der Waals surface area contributed by atoms with E-state index in [0.29, 0.717) is 31.4 Å². The van der Waals surface area contributed by atoms with E-state index in [1.165, 1.54) is 0 Å². The van der Waals surface area contributed by atoms with Gasteiger partial charge in [-0.3, -0.25) is 4.79 Å². The van der Waals surface area contributed by atoms with Gasteiger partial charge < -0.3 is 15.0 Å². The van der Waals surface area contributed by atoms with Crippen LogP contribution in [0.5, 0.6) is 0 Å². The van der Waals surface area contributed by atoms with Crippen LogP contribution in [0.2, 0.25) is 5.28 Å². The average Bonchev–Trinajstić information content (AvgIpc) is 2.84. The van der Waals surface area contributed by atoms with E-state index in [9.17, 15) is 4.79 Å². The summed E-state index contributed by atoms with van der Waals surface area (Å²) in [5.74, 6) is 1.04. The molecule has 21 heavy (non-hydrogen) atoms. The van der Waals surface area contributed by atoms with E-state index in [2.05, 4.69) is 29.1 Å². The molecule has 2 aliphatic rings. The Morgan fingerprint density at radius 3 is 2.86 bits per heavy atom. The molecule has 2 aliphatic heterocycles. The molecule has 1 aromatic heterocycles. The van der Waals surface area contributed by atoms with E-state index < -0.39 is 5.54 Å². The predicted octanol–water partition coefficient (Wildman–Crippen LogP) is 1.88. The minimum Gasteiger partial charge on any atom is -0.378 e. The second-order valence-corrected chi connectivity index (χ2v) is 6.45. The first-order valence-corrected chi connectivity index (χ1v) is 7.51. The molecule has 0 aliphatic carbocycles. The Balaban J connectivity index is 2.09. The van der Waals surface area contributed by atoms with Crippen molar-refractivity contribution in [2.45, 2.75) is 32.2 Å². The number of hydrogen-bond donors (Lipinski definition) is 1. The lowest BCUT2D eigenvalue weighted by molar-refractivity contribution is -0.122. The molecule has 1 fully saturated rings. The molecular weight excluding hydrogens is 292 g/mol. The third-order valence-electron chi connectivity index (χ3n) is 3.96. The van der Waals surface area contributed by atoms with Gasteiger partial charge >= 0.3 is 0 Å². The average molecular weight is 311 g/mol. The number of ether oxygens (including phenoxy) is 1. The number of fused-ring (bicyclic) bond motifs is 1. The highest BCUT2D eigenvalue weighted by atomic mass is 35.5. The lowest BCUT2D eigenvalue weighted by atomic mass is 9.93. The van der Waals surface area contributed by atoms with E-state index in [0.717, 1.165) is 17.8 Å². The van der Waals surface area contributed by atoms with Crippen molar-refractivity contribution in [1.82, 2.24) is 9.97 Å². The number of amides is 1. The number of halogens is 1. The summed E-state index contributed by atoms with van der Waals surface area (Å²) in [5, 5.41) is 3.46.